The van der Waals surface area contributed by atoms with Crippen molar-refractivity contribution in [3.05, 3.63) is 35.4 Å². The molecule has 0 saturated heterocycles. The zero-order valence-corrected chi connectivity index (χ0v) is 11.0. The van der Waals surface area contributed by atoms with Crippen LogP contribution in [-0.2, 0) is 11.2 Å². The number of carbonyl (C=O) groups is 1. The average Bonchev–Trinajstić information content (AvgIpc) is 2.38. The number of nitriles is 1. The van der Waals surface area contributed by atoms with Gasteiger partial charge >= 0.3 is 0 Å². The van der Waals surface area contributed by atoms with E-state index in [0.717, 1.165) is 12.0 Å². The third-order valence-electron chi connectivity index (χ3n) is 2.71. The number of hydrogen-bond acceptors (Lipinski definition) is 3. The summed E-state index contributed by atoms with van der Waals surface area (Å²) in [5.41, 5.74) is 0.567. The van der Waals surface area contributed by atoms with E-state index < -0.39 is 5.54 Å². The van der Waals surface area contributed by atoms with E-state index in [4.69, 9.17) is 10.00 Å². The second kappa shape index (κ2) is 6.18. The zero-order valence-electron chi connectivity index (χ0n) is 11.0. The summed E-state index contributed by atoms with van der Waals surface area (Å²) in [5.74, 6) is -0.242. The molecule has 1 aromatic carbocycles. The monoisotopic (exact) mass is 246 g/mol. The molecule has 0 radical (unpaired) electrons. The van der Waals surface area contributed by atoms with Crippen molar-refractivity contribution >= 4 is 5.91 Å². The van der Waals surface area contributed by atoms with Gasteiger partial charge in [0.25, 0.3) is 5.91 Å². The van der Waals surface area contributed by atoms with Crippen molar-refractivity contribution in [2.45, 2.75) is 25.8 Å². The summed E-state index contributed by atoms with van der Waals surface area (Å²) in [5, 5.41) is 11.8. The molecule has 0 saturated carbocycles. The fourth-order valence-corrected chi connectivity index (χ4v) is 1.75. The molecule has 0 aliphatic carbocycles. The Balaban J connectivity index is 2.92. The number of hydrogen-bond donors (Lipinski definition) is 1. The fraction of sp³-hybridized carbons (Fsp3) is 0.429. The van der Waals surface area contributed by atoms with Crippen LogP contribution >= 0.6 is 0 Å². The molecule has 1 amide bonds. The van der Waals surface area contributed by atoms with Crippen LogP contribution in [-0.4, -0.2) is 25.2 Å². The molecular formula is C14H18N2O2. The number of nitrogens with zero attached hydrogens (tertiary/aromatic N) is 1. The van der Waals surface area contributed by atoms with Crippen molar-refractivity contribution in [1.29, 1.82) is 5.26 Å². The Kier molecular flexibility index (Phi) is 4.87. The Bertz CT molecular complexity index is 465. The number of ether oxygens (including phenoxy) is 1. The number of benzene rings is 1. The highest BCUT2D eigenvalue weighted by molar-refractivity contribution is 5.96. The van der Waals surface area contributed by atoms with Crippen molar-refractivity contribution in [1.82, 2.24) is 5.32 Å². The third-order valence-corrected chi connectivity index (χ3v) is 2.71. The quantitative estimate of drug-likeness (QED) is 0.863. The van der Waals surface area contributed by atoms with Crippen molar-refractivity contribution in [3.63, 3.8) is 0 Å². The summed E-state index contributed by atoms with van der Waals surface area (Å²) in [6.45, 7) is 3.79. The van der Waals surface area contributed by atoms with E-state index in [2.05, 4.69) is 11.4 Å². The van der Waals surface area contributed by atoms with Gasteiger partial charge in [-0.3, -0.25) is 4.79 Å². The van der Waals surface area contributed by atoms with Crippen LogP contribution in [0.5, 0.6) is 0 Å². The molecule has 1 atom stereocenters. The molecule has 0 heterocycles. The molecular weight excluding hydrogens is 228 g/mol. The summed E-state index contributed by atoms with van der Waals surface area (Å²) in [6, 6.07) is 9.45. The number of carbonyl (C=O) groups excluding carboxylic acids is 1. The number of methoxy groups -OCH3 is 1. The summed E-state index contributed by atoms with van der Waals surface area (Å²) >= 11 is 0. The minimum absolute atomic E-state index is 0.156. The second-order valence-electron chi connectivity index (χ2n) is 4.34. The first kappa shape index (κ1) is 14.2. The smallest absolute Gasteiger partial charge is 0.252 e. The van der Waals surface area contributed by atoms with Gasteiger partial charge in [0.05, 0.1) is 12.7 Å². The number of aryl methyl sites for hydroxylation is 1. The van der Waals surface area contributed by atoms with E-state index in [0.29, 0.717) is 5.56 Å². The Hall–Kier alpha value is -1.86. The van der Waals surface area contributed by atoms with Gasteiger partial charge in [0.1, 0.15) is 5.54 Å². The Labute approximate surface area is 108 Å². The first-order chi connectivity index (χ1) is 8.56. The molecule has 1 N–H and O–H groups in total. The van der Waals surface area contributed by atoms with E-state index in [9.17, 15) is 4.79 Å². The van der Waals surface area contributed by atoms with Crippen molar-refractivity contribution in [2.24, 2.45) is 0 Å². The average molecular weight is 246 g/mol. The van der Waals surface area contributed by atoms with Gasteiger partial charge in [-0.25, -0.2) is 0 Å². The Morgan fingerprint density at radius 3 is 2.72 bits per heavy atom. The molecule has 4 heteroatoms. The molecule has 0 aromatic heterocycles. The van der Waals surface area contributed by atoms with Crippen LogP contribution in [0.3, 0.4) is 0 Å². The minimum Gasteiger partial charge on any atom is -0.381 e. The molecule has 0 fully saturated rings. The van der Waals surface area contributed by atoms with Crippen LogP contribution in [0.1, 0.15) is 29.8 Å². The van der Waals surface area contributed by atoms with E-state index >= 15 is 0 Å². The molecule has 0 spiro atoms. The molecule has 96 valence electrons. The van der Waals surface area contributed by atoms with Gasteiger partial charge < -0.3 is 10.1 Å². The van der Waals surface area contributed by atoms with Gasteiger partial charge in [0, 0.05) is 12.7 Å². The molecule has 1 rings (SSSR count). The standard InChI is InChI=1S/C14H18N2O2/c1-4-11-7-5-6-8-12(11)13(17)16-14(2,9-15)10-18-3/h5-8H,4,10H2,1-3H3,(H,16,17)/t14-/m1/s1. The van der Waals surface area contributed by atoms with E-state index in [1.54, 1.807) is 13.0 Å². The number of rotatable bonds is 5. The lowest BCUT2D eigenvalue weighted by Gasteiger charge is -2.22. The summed E-state index contributed by atoms with van der Waals surface area (Å²) < 4.78 is 4.95. The molecule has 0 bridgehead atoms. The molecule has 18 heavy (non-hydrogen) atoms. The summed E-state index contributed by atoms with van der Waals surface area (Å²) in [4.78, 5) is 12.2. The van der Waals surface area contributed by atoms with Crippen molar-refractivity contribution < 1.29 is 9.53 Å². The van der Waals surface area contributed by atoms with Crippen LogP contribution < -0.4 is 5.32 Å². The first-order valence-electron chi connectivity index (χ1n) is 5.87. The highest BCUT2D eigenvalue weighted by atomic mass is 16.5. The topological polar surface area (TPSA) is 62.1 Å². The van der Waals surface area contributed by atoms with Gasteiger partial charge in [0.2, 0.25) is 0 Å². The lowest BCUT2D eigenvalue weighted by molar-refractivity contribution is 0.0859. The van der Waals surface area contributed by atoms with Crippen LogP contribution in [0.15, 0.2) is 24.3 Å². The highest BCUT2D eigenvalue weighted by Crippen LogP contribution is 2.11. The van der Waals surface area contributed by atoms with Crippen LogP contribution in [0.4, 0.5) is 0 Å². The van der Waals surface area contributed by atoms with Gasteiger partial charge in [-0.2, -0.15) is 5.26 Å². The molecule has 0 aliphatic rings. The molecule has 4 nitrogen and oxygen atoms in total. The fourth-order valence-electron chi connectivity index (χ4n) is 1.75. The molecule has 0 aliphatic heterocycles. The van der Waals surface area contributed by atoms with Crippen LogP contribution in [0, 0.1) is 11.3 Å². The number of nitrogens with one attached hydrogen (secondary N) is 1. The largest absolute Gasteiger partial charge is 0.381 e. The van der Waals surface area contributed by atoms with Gasteiger partial charge in [-0.05, 0) is 25.0 Å². The molecule has 1 aromatic rings. The maximum absolute atomic E-state index is 12.2. The number of amides is 1. The van der Waals surface area contributed by atoms with Gasteiger partial charge in [-0.1, -0.05) is 25.1 Å². The predicted octanol–water partition coefficient (Wildman–Crippen LogP) is 1.91. The Morgan fingerprint density at radius 2 is 2.17 bits per heavy atom. The van der Waals surface area contributed by atoms with E-state index in [-0.39, 0.29) is 12.5 Å². The summed E-state index contributed by atoms with van der Waals surface area (Å²) in [7, 11) is 1.50. The lowest BCUT2D eigenvalue weighted by Crippen LogP contribution is -2.48. The maximum Gasteiger partial charge on any atom is 0.252 e. The van der Waals surface area contributed by atoms with Gasteiger partial charge in [0.15, 0.2) is 0 Å². The zero-order chi connectivity index (χ0) is 13.6. The second-order valence-corrected chi connectivity index (χ2v) is 4.34. The third kappa shape index (κ3) is 3.31. The van der Waals surface area contributed by atoms with Gasteiger partial charge in [-0.15, -0.1) is 0 Å². The SMILES string of the molecule is CCc1ccccc1C(=O)N[C@](C)(C#N)COC. The van der Waals surface area contributed by atoms with Crippen molar-refractivity contribution in [3.8, 4) is 6.07 Å². The minimum atomic E-state index is -1.01. The maximum atomic E-state index is 12.2. The lowest BCUT2D eigenvalue weighted by atomic mass is 10.0. The predicted molar refractivity (Wildman–Crippen MR) is 69.2 cm³/mol. The highest BCUT2D eigenvalue weighted by Gasteiger charge is 2.27. The normalized spacial score (nSPS) is 13.4. The first-order valence-corrected chi connectivity index (χ1v) is 5.87. The van der Waals surface area contributed by atoms with E-state index in [1.807, 2.05) is 25.1 Å². The van der Waals surface area contributed by atoms with Crippen LogP contribution in [0.2, 0.25) is 0 Å². The Morgan fingerprint density at radius 1 is 1.50 bits per heavy atom. The van der Waals surface area contributed by atoms with Crippen LogP contribution in [0.25, 0.3) is 0 Å². The van der Waals surface area contributed by atoms with Crippen molar-refractivity contribution in [2.75, 3.05) is 13.7 Å². The molecule has 0 unspecified atom stereocenters. The summed E-state index contributed by atoms with van der Waals surface area (Å²) in [6.07, 6.45) is 0.775. The van der Waals surface area contributed by atoms with E-state index in [1.165, 1.54) is 7.11 Å².